The van der Waals surface area contributed by atoms with Crippen molar-refractivity contribution in [2.24, 2.45) is 0 Å². The molecule has 0 aliphatic heterocycles. The molecule has 8 heteroatoms. The van der Waals surface area contributed by atoms with Crippen molar-refractivity contribution in [1.82, 2.24) is 14.5 Å². The molecule has 1 rings (SSSR count). The first-order chi connectivity index (χ1) is 6.83. The molecule has 0 bridgehead atoms. The molecule has 1 heterocycles. The summed E-state index contributed by atoms with van der Waals surface area (Å²) in [6.45, 7) is 3.95. The quantitative estimate of drug-likeness (QED) is 0.860. The molecule has 0 unspecified atom stereocenters. The number of hydrogen-bond donors (Lipinski definition) is 1. The first kappa shape index (κ1) is 12.3. The SMILES string of the molecule is CC(C)c1nnc(NS(=O)(=O)N(C)C)s1. The van der Waals surface area contributed by atoms with E-state index < -0.39 is 10.2 Å². The first-order valence-corrected chi connectivity index (χ1v) is 6.62. The maximum absolute atomic E-state index is 11.4. The van der Waals surface area contributed by atoms with E-state index in [1.807, 2.05) is 13.8 Å². The highest BCUT2D eigenvalue weighted by Crippen LogP contribution is 2.23. The third-order valence-corrected chi connectivity index (χ3v) is 4.31. The van der Waals surface area contributed by atoms with Crippen molar-refractivity contribution in [2.75, 3.05) is 18.8 Å². The van der Waals surface area contributed by atoms with Crippen molar-refractivity contribution in [3.63, 3.8) is 0 Å². The molecule has 15 heavy (non-hydrogen) atoms. The van der Waals surface area contributed by atoms with E-state index in [0.29, 0.717) is 5.13 Å². The second-order valence-corrected chi connectivity index (χ2v) is 6.38. The number of rotatable bonds is 4. The minimum absolute atomic E-state index is 0.250. The zero-order chi connectivity index (χ0) is 11.6. The molecule has 0 atom stereocenters. The second kappa shape index (κ2) is 4.42. The summed E-state index contributed by atoms with van der Waals surface area (Å²) in [5, 5.41) is 8.75. The summed E-state index contributed by atoms with van der Waals surface area (Å²) in [5.74, 6) is 0.250. The van der Waals surface area contributed by atoms with Crippen LogP contribution in [0.25, 0.3) is 0 Å². The van der Waals surface area contributed by atoms with Crippen LogP contribution in [-0.2, 0) is 10.2 Å². The minimum Gasteiger partial charge on any atom is -0.244 e. The van der Waals surface area contributed by atoms with E-state index in [0.717, 1.165) is 9.31 Å². The lowest BCUT2D eigenvalue weighted by molar-refractivity contribution is 0.526. The Labute approximate surface area is 93.5 Å². The Morgan fingerprint density at radius 1 is 1.33 bits per heavy atom. The smallest absolute Gasteiger partial charge is 0.244 e. The third-order valence-electron chi connectivity index (χ3n) is 1.63. The molecule has 0 aromatic carbocycles. The predicted octanol–water partition coefficient (Wildman–Crippen LogP) is 0.880. The molecule has 1 aromatic rings. The molecule has 1 aromatic heterocycles. The van der Waals surface area contributed by atoms with Crippen LogP contribution in [0.5, 0.6) is 0 Å². The van der Waals surface area contributed by atoms with Crippen LogP contribution in [0.4, 0.5) is 5.13 Å². The summed E-state index contributed by atoms with van der Waals surface area (Å²) in [7, 11) is -0.570. The van der Waals surface area contributed by atoms with Crippen molar-refractivity contribution < 1.29 is 8.42 Å². The van der Waals surface area contributed by atoms with Gasteiger partial charge in [0.05, 0.1) is 0 Å². The summed E-state index contributed by atoms with van der Waals surface area (Å²) in [6.07, 6.45) is 0. The van der Waals surface area contributed by atoms with Gasteiger partial charge in [0.15, 0.2) is 0 Å². The van der Waals surface area contributed by atoms with Gasteiger partial charge in [-0.15, -0.1) is 10.2 Å². The maximum atomic E-state index is 11.4. The highest BCUT2D eigenvalue weighted by atomic mass is 32.2. The molecule has 1 N–H and O–H groups in total. The van der Waals surface area contributed by atoms with E-state index in [4.69, 9.17) is 0 Å². The van der Waals surface area contributed by atoms with Gasteiger partial charge < -0.3 is 0 Å². The van der Waals surface area contributed by atoms with Crippen LogP contribution in [0.15, 0.2) is 0 Å². The third kappa shape index (κ3) is 3.11. The molecule has 0 aliphatic rings. The molecular formula is C7H14N4O2S2. The average Bonchev–Trinajstić information content (AvgIpc) is 2.51. The van der Waals surface area contributed by atoms with Crippen molar-refractivity contribution in [3.8, 4) is 0 Å². The standard InChI is InChI=1S/C7H14N4O2S2/c1-5(2)6-8-9-7(14-6)10-15(12,13)11(3)4/h5H,1-4H3,(H,9,10). The lowest BCUT2D eigenvalue weighted by Gasteiger charge is -2.10. The molecule has 0 saturated heterocycles. The summed E-state index contributed by atoms with van der Waals surface area (Å²) in [6, 6.07) is 0. The van der Waals surface area contributed by atoms with Crippen molar-refractivity contribution in [2.45, 2.75) is 19.8 Å². The molecular weight excluding hydrogens is 236 g/mol. The Hall–Kier alpha value is -0.730. The Balaban J connectivity index is 2.82. The molecule has 86 valence electrons. The van der Waals surface area contributed by atoms with Gasteiger partial charge in [0.1, 0.15) is 5.01 Å². The number of aromatic nitrogens is 2. The van der Waals surface area contributed by atoms with E-state index in [1.54, 1.807) is 0 Å². The van der Waals surface area contributed by atoms with Crippen LogP contribution in [0.1, 0.15) is 24.8 Å². The first-order valence-electron chi connectivity index (χ1n) is 4.36. The normalized spacial score (nSPS) is 12.4. The van der Waals surface area contributed by atoms with Crippen molar-refractivity contribution >= 4 is 26.7 Å². The fraction of sp³-hybridized carbons (Fsp3) is 0.714. The Kier molecular flexibility index (Phi) is 3.63. The van der Waals surface area contributed by atoms with Gasteiger partial charge in [-0.3, -0.25) is 0 Å². The largest absolute Gasteiger partial charge is 0.302 e. The van der Waals surface area contributed by atoms with Gasteiger partial charge in [0.25, 0.3) is 0 Å². The highest BCUT2D eigenvalue weighted by molar-refractivity contribution is 7.90. The van der Waals surface area contributed by atoms with Gasteiger partial charge in [0, 0.05) is 20.0 Å². The summed E-state index contributed by atoms with van der Waals surface area (Å²) >= 11 is 1.25. The van der Waals surface area contributed by atoms with Gasteiger partial charge in [-0.25, -0.2) is 4.72 Å². The Morgan fingerprint density at radius 2 is 1.93 bits per heavy atom. The number of nitrogens with zero attached hydrogens (tertiary/aromatic N) is 3. The minimum atomic E-state index is -3.47. The van der Waals surface area contributed by atoms with E-state index in [1.165, 1.54) is 25.4 Å². The summed E-state index contributed by atoms with van der Waals surface area (Å²) < 4.78 is 26.3. The van der Waals surface area contributed by atoms with Crippen LogP contribution in [0.2, 0.25) is 0 Å². The topological polar surface area (TPSA) is 75.2 Å². The second-order valence-electron chi connectivity index (χ2n) is 3.49. The van der Waals surface area contributed by atoms with Crippen LogP contribution in [0.3, 0.4) is 0 Å². The van der Waals surface area contributed by atoms with Gasteiger partial charge in [-0.2, -0.15) is 12.7 Å². The highest BCUT2D eigenvalue weighted by Gasteiger charge is 2.16. The molecule has 0 amide bonds. The number of anilines is 1. The zero-order valence-electron chi connectivity index (χ0n) is 9.05. The summed E-state index contributed by atoms with van der Waals surface area (Å²) in [5.41, 5.74) is 0. The predicted molar refractivity (Wildman–Crippen MR) is 60.2 cm³/mol. The Morgan fingerprint density at radius 3 is 2.33 bits per heavy atom. The lowest BCUT2D eigenvalue weighted by Crippen LogP contribution is -2.28. The molecule has 0 spiro atoms. The lowest BCUT2D eigenvalue weighted by atomic mass is 10.2. The van der Waals surface area contributed by atoms with E-state index in [2.05, 4.69) is 14.9 Å². The maximum Gasteiger partial charge on any atom is 0.302 e. The fourth-order valence-electron chi connectivity index (χ4n) is 0.711. The van der Waals surface area contributed by atoms with Gasteiger partial charge in [-0.05, 0) is 0 Å². The monoisotopic (exact) mass is 250 g/mol. The molecule has 0 radical (unpaired) electrons. The van der Waals surface area contributed by atoms with Gasteiger partial charge in [0.2, 0.25) is 5.13 Å². The fourth-order valence-corrected chi connectivity index (χ4v) is 2.23. The number of nitrogens with one attached hydrogen (secondary N) is 1. The van der Waals surface area contributed by atoms with Gasteiger partial charge in [-0.1, -0.05) is 25.2 Å². The molecule has 0 saturated carbocycles. The molecule has 6 nitrogen and oxygen atoms in total. The summed E-state index contributed by atoms with van der Waals surface area (Å²) in [4.78, 5) is 0. The zero-order valence-corrected chi connectivity index (χ0v) is 10.7. The van der Waals surface area contributed by atoms with Crippen molar-refractivity contribution in [1.29, 1.82) is 0 Å². The van der Waals surface area contributed by atoms with Gasteiger partial charge >= 0.3 is 10.2 Å². The van der Waals surface area contributed by atoms with E-state index in [-0.39, 0.29) is 5.92 Å². The molecule has 0 aliphatic carbocycles. The average molecular weight is 250 g/mol. The van der Waals surface area contributed by atoms with Crippen LogP contribution in [0, 0.1) is 0 Å². The van der Waals surface area contributed by atoms with E-state index in [9.17, 15) is 8.42 Å². The Bertz CT molecular complexity index is 424. The van der Waals surface area contributed by atoms with E-state index >= 15 is 0 Å². The molecule has 0 fully saturated rings. The van der Waals surface area contributed by atoms with Crippen LogP contribution >= 0.6 is 11.3 Å². The van der Waals surface area contributed by atoms with Crippen molar-refractivity contribution in [3.05, 3.63) is 5.01 Å². The number of hydrogen-bond acceptors (Lipinski definition) is 5. The van der Waals surface area contributed by atoms with Crippen LogP contribution in [-0.4, -0.2) is 37.0 Å². The van der Waals surface area contributed by atoms with Crippen LogP contribution < -0.4 is 4.72 Å².